The number of hydrogen-bond acceptors (Lipinski definition) is 4. The first kappa shape index (κ1) is 17.7. The molecule has 0 saturated heterocycles. The SMILES string of the molecule is COCCCNC(=O)c1ccc(C[S@@](=O)c2cccc(Cl)c2)o1. The number of nitrogens with one attached hydrogen (secondary N) is 1. The van der Waals surface area contributed by atoms with Crippen molar-refractivity contribution in [3.63, 3.8) is 0 Å². The van der Waals surface area contributed by atoms with Crippen LogP contribution in [0.4, 0.5) is 0 Å². The van der Waals surface area contributed by atoms with E-state index in [1.54, 1.807) is 43.5 Å². The molecule has 1 aromatic carbocycles. The van der Waals surface area contributed by atoms with Gasteiger partial charge in [0, 0.05) is 30.2 Å². The van der Waals surface area contributed by atoms with Crippen molar-refractivity contribution < 1.29 is 18.2 Å². The van der Waals surface area contributed by atoms with E-state index in [2.05, 4.69) is 5.32 Å². The molecule has 0 fully saturated rings. The van der Waals surface area contributed by atoms with Gasteiger partial charge in [0.1, 0.15) is 5.76 Å². The van der Waals surface area contributed by atoms with Crippen LogP contribution < -0.4 is 5.32 Å². The molecular formula is C16H18ClNO4S. The van der Waals surface area contributed by atoms with Crippen LogP contribution >= 0.6 is 11.6 Å². The second-order valence-corrected chi connectivity index (χ2v) is 6.70. The Bertz CT molecular complexity index is 686. The van der Waals surface area contributed by atoms with E-state index >= 15 is 0 Å². The lowest BCUT2D eigenvalue weighted by atomic mass is 10.4. The first-order valence-corrected chi connectivity index (χ1v) is 8.79. The summed E-state index contributed by atoms with van der Waals surface area (Å²) in [6.45, 7) is 1.10. The number of halogens is 1. The lowest BCUT2D eigenvalue weighted by Crippen LogP contribution is -2.24. The summed E-state index contributed by atoms with van der Waals surface area (Å²) in [5.41, 5.74) is 0. The predicted octanol–water partition coefficient (Wildman–Crippen LogP) is 3.01. The van der Waals surface area contributed by atoms with Crippen molar-refractivity contribution in [1.29, 1.82) is 0 Å². The Hall–Kier alpha value is -1.63. The Morgan fingerprint density at radius 1 is 1.35 bits per heavy atom. The minimum Gasteiger partial charge on any atom is -0.455 e. The highest BCUT2D eigenvalue weighted by molar-refractivity contribution is 7.84. The van der Waals surface area contributed by atoms with Crippen LogP contribution in [0.25, 0.3) is 0 Å². The Labute approximate surface area is 142 Å². The Morgan fingerprint density at radius 3 is 2.91 bits per heavy atom. The van der Waals surface area contributed by atoms with Gasteiger partial charge in [0.25, 0.3) is 5.91 Å². The smallest absolute Gasteiger partial charge is 0.286 e. The molecule has 0 unspecified atom stereocenters. The number of methoxy groups -OCH3 is 1. The van der Waals surface area contributed by atoms with E-state index in [9.17, 15) is 9.00 Å². The van der Waals surface area contributed by atoms with E-state index in [-0.39, 0.29) is 17.4 Å². The number of benzene rings is 1. The van der Waals surface area contributed by atoms with Crippen molar-refractivity contribution in [2.24, 2.45) is 0 Å². The van der Waals surface area contributed by atoms with Gasteiger partial charge in [-0.25, -0.2) is 0 Å². The molecule has 0 aliphatic rings. The number of carbonyl (C=O) groups is 1. The van der Waals surface area contributed by atoms with Crippen LogP contribution in [-0.2, 0) is 21.3 Å². The van der Waals surface area contributed by atoms with Crippen LogP contribution in [-0.4, -0.2) is 30.4 Å². The van der Waals surface area contributed by atoms with Gasteiger partial charge in [-0.15, -0.1) is 0 Å². The van der Waals surface area contributed by atoms with E-state index in [0.29, 0.717) is 28.8 Å². The van der Waals surface area contributed by atoms with E-state index in [1.807, 2.05) is 0 Å². The standard InChI is InChI=1S/C16H18ClNO4S/c1-21-9-3-8-18-16(19)15-7-6-13(22-15)11-23(20)14-5-2-4-12(17)10-14/h2,4-7,10H,3,8-9,11H2,1H3,(H,18,19)/t23-/m1/s1. The van der Waals surface area contributed by atoms with Crippen molar-refractivity contribution in [3.05, 3.63) is 52.9 Å². The van der Waals surface area contributed by atoms with Crippen LogP contribution in [0.5, 0.6) is 0 Å². The minimum atomic E-state index is -1.28. The second-order valence-electron chi connectivity index (χ2n) is 4.82. The molecule has 1 amide bonds. The maximum atomic E-state index is 12.3. The van der Waals surface area contributed by atoms with E-state index in [4.69, 9.17) is 20.8 Å². The molecule has 1 heterocycles. The third-order valence-corrected chi connectivity index (χ3v) is 4.59. The summed E-state index contributed by atoms with van der Waals surface area (Å²) in [7, 11) is 0.333. The number of carbonyl (C=O) groups excluding carboxylic acids is 1. The Morgan fingerprint density at radius 2 is 2.17 bits per heavy atom. The quantitative estimate of drug-likeness (QED) is 0.739. The number of amides is 1. The fourth-order valence-electron chi connectivity index (χ4n) is 1.90. The normalized spacial score (nSPS) is 12.1. The first-order valence-electron chi connectivity index (χ1n) is 7.10. The summed E-state index contributed by atoms with van der Waals surface area (Å²) in [4.78, 5) is 12.5. The third kappa shape index (κ3) is 5.49. The number of hydrogen-bond donors (Lipinski definition) is 1. The highest BCUT2D eigenvalue weighted by atomic mass is 35.5. The summed E-state index contributed by atoms with van der Waals surface area (Å²) >= 11 is 5.89. The summed E-state index contributed by atoms with van der Waals surface area (Å²) in [6, 6.07) is 10.1. The summed E-state index contributed by atoms with van der Waals surface area (Å²) < 4.78 is 22.6. The summed E-state index contributed by atoms with van der Waals surface area (Å²) in [5, 5.41) is 3.27. The zero-order valence-electron chi connectivity index (χ0n) is 12.7. The average Bonchev–Trinajstić information content (AvgIpc) is 3.00. The van der Waals surface area contributed by atoms with Gasteiger partial charge in [0.05, 0.1) is 16.6 Å². The van der Waals surface area contributed by atoms with Crippen molar-refractivity contribution in [1.82, 2.24) is 5.32 Å². The lowest BCUT2D eigenvalue weighted by Gasteiger charge is -2.03. The van der Waals surface area contributed by atoms with Gasteiger partial charge in [-0.2, -0.15) is 0 Å². The van der Waals surface area contributed by atoms with Gasteiger partial charge in [-0.3, -0.25) is 9.00 Å². The van der Waals surface area contributed by atoms with E-state index < -0.39 is 10.8 Å². The zero-order valence-corrected chi connectivity index (χ0v) is 14.3. The average molecular weight is 356 g/mol. The third-order valence-electron chi connectivity index (χ3n) is 3.03. The van der Waals surface area contributed by atoms with Gasteiger partial charge in [0.15, 0.2) is 5.76 Å². The van der Waals surface area contributed by atoms with Gasteiger partial charge in [-0.05, 0) is 36.8 Å². The molecule has 0 radical (unpaired) electrons. The van der Waals surface area contributed by atoms with Crippen LogP contribution in [0.2, 0.25) is 5.02 Å². The molecule has 1 N–H and O–H groups in total. The number of rotatable bonds is 8. The molecule has 5 nitrogen and oxygen atoms in total. The molecule has 0 aliphatic carbocycles. The molecule has 0 aliphatic heterocycles. The minimum absolute atomic E-state index is 0.192. The van der Waals surface area contributed by atoms with Crippen LogP contribution in [0.15, 0.2) is 45.7 Å². The van der Waals surface area contributed by atoms with Crippen LogP contribution in [0.3, 0.4) is 0 Å². The highest BCUT2D eigenvalue weighted by Crippen LogP contribution is 2.18. The molecular weight excluding hydrogens is 338 g/mol. The maximum Gasteiger partial charge on any atom is 0.286 e. The van der Waals surface area contributed by atoms with Gasteiger partial charge in [-0.1, -0.05) is 17.7 Å². The second kappa shape index (κ2) is 8.86. The van der Waals surface area contributed by atoms with Gasteiger partial charge < -0.3 is 14.5 Å². The molecule has 7 heteroatoms. The Kier molecular flexibility index (Phi) is 6.83. The number of furan rings is 1. The maximum absolute atomic E-state index is 12.3. The van der Waals surface area contributed by atoms with E-state index in [1.165, 1.54) is 0 Å². The van der Waals surface area contributed by atoms with Gasteiger partial charge in [0.2, 0.25) is 0 Å². The van der Waals surface area contributed by atoms with Crippen molar-refractivity contribution in [2.45, 2.75) is 17.1 Å². The lowest BCUT2D eigenvalue weighted by molar-refractivity contribution is 0.0919. The predicted molar refractivity (Wildman–Crippen MR) is 89.1 cm³/mol. The molecule has 0 saturated carbocycles. The zero-order chi connectivity index (χ0) is 16.7. The Balaban J connectivity index is 1.91. The first-order chi connectivity index (χ1) is 11.1. The molecule has 0 bridgehead atoms. The molecule has 1 aromatic heterocycles. The van der Waals surface area contributed by atoms with Crippen molar-refractivity contribution in [2.75, 3.05) is 20.3 Å². The fourth-order valence-corrected chi connectivity index (χ4v) is 3.23. The summed E-state index contributed by atoms with van der Waals surface area (Å²) in [6.07, 6.45) is 0.731. The van der Waals surface area contributed by atoms with Crippen molar-refractivity contribution >= 4 is 28.3 Å². The highest BCUT2D eigenvalue weighted by Gasteiger charge is 2.13. The van der Waals surface area contributed by atoms with Crippen molar-refractivity contribution in [3.8, 4) is 0 Å². The fraction of sp³-hybridized carbons (Fsp3) is 0.312. The largest absolute Gasteiger partial charge is 0.455 e. The topological polar surface area (TPSA) is 68.5 Å². The summed E-state index contributed by atoms with van der Waals surface area (Å²) in [5.74, 6) is 0.601. The molecule has 124 valence electrons. The van der Waals surface area contributed by atoms with Gasteiger partial charge >= 0.3 is 0 Å². The number of ether oxygens (including phenoxy) is 1. The van der Waals surface area contributed by atoms with E-state index in [0.717, 1.165) is 6.42 Å². The molecule has 1 atom stereocenters. The molecule has 2 aromatic rings. The molecule has 23 heavy (non-hydrogen) atoms. The molecule has 2 rings (SSSR count). The van der Waals surface area contributed by atoms with Crippen LogP contribution in [0, 0.1) is 0 Å². The molecule has 0 spiro atoms. The monoisotopic (exact) mass is 355 g/mol. The van der Waals surface area contributed by atoms with Crippen LogP contribution in [0.1, 0.15) is 22.7 Å².